The minimum atomic E-state index is -0.518. The summed E-state index contributed by atoms with van der Waals surface area (Å²) in [5.74, 6) is -0.386. The fourth-order valence-electron chi connectivity index (χ4n) is 3.19. The fourth-order valence-corrected chi connectivity index (χ4v) is 3.38. The van der Waals surface area contributed by atoms with Crippen LogP contribution in [0.2, 0.25) is 5.02 Å². The zero-order chi connectivity index (χ0) is 20.1. The number of esters is 1. The third-order valence-electron chi connectivity index (χ3n) is 4.41. The molecule has 1 fully saturated rings. The van der Waals surface area contributed by atoms with Crippen LogP contribution in [0.15, 0.2) is 30.6 Å². The first-order valence-electron chi connectivity index (χ1n) is 8.93. The van der Waals surface area contributed by atoms with E-state index < -0.39 is 4.92 Å². The lowest BCUT2D eigenvalue weighted by atomic mass is 9.98. The summed E-state index contributed by atoms with van der Waals surface area (Å²) in [7, 11) is 0. The summed E-state index contributed by atoms with van der Waals surface area (Å²) < 4.78 is 5.10. The number of rotatable bonds is 6. The first kappa shape index (κ1) is 19.8. The predicted molar refractivity (Wildman–Crippen MR) is 105 cm³/mol. The first-order valence-corrected chi connectivity index (χ1v) is 9.31. The van der Waals surface area contributed by atoms with Crippen LogP contribution in [0, 0.1) is 16.0 Å². The molecule has 10 heteroatoms. The number of carbonyl (C=O) groups excluding carboxylic acids is 1. The van der Waals surface area contributed by atoms with Gasteiger partial charge in [0.15, 0.2) is 0 Å². The Labute approximate surface area is 166 Å². The number of nitro groups is 1. The average Bonchev–Trinajstić information content (AvgIpc) is 2.68. The number of nitrogens with zero attached hydrogens (tertiary/aromatic N) is 4. The van der Waals surface area contributed by atoms with Crippen molar-refractivity contribution in [1.29, 1.82) is 0 Å². The van der Waals surface area contributed by atoms with E-state index in [0.29, 0.717) is 43.2 Å². The Bertz CT molecular complexity index is 879. The molecule has 0 bridgehead atoms. The summed E-state index contributed by atoms with van der Waals surface area (Å²) >= 11 is 5.98. The van der Waals surface area contributed by atoms with Gasteiger partial charge in [-0.25, -0.2) is 9.97 Å². The second-order valence-electron chi connectivity index (χ2n) is 6.32. The molecule has 1 aliphatic heterocycles. The Morgan fingerprint density at radius 2 is 2.29 bits per heavy atom. The van der Waals surface area contributed by atoms with Gasteiger partial charge in [0.2, 0.25) is 11.6 Å². The van der Waals surface area contributed by atoms with Gasteiger partial charge in [0.05, 0.1) is 17.4 Å². The Hall–Kier alpha value is -2.94. The summed E-state index contributed by atoms with van der Waals surface area (Å²) in [6.45, 7) is 2.93. The van der Waals surface area contributed by atoms with Crippen LogP contribution in [0.3, 0.4) is 0 Å². The number of benzene rings is 1. The Balaban J connectivity index is 1.90. The molecule has 1 aliphatic rings. The largest absolute Gasteiger partial charge is 0.466 e. The van der Waals surface area contributed by atoms with Gasteiger partial charge in [0.25, 0.3) is 0 Å². The number of ether oxygens (including phenoxy) is 1. The number of anilines is 3. The number of carbonyl (C=O) groups is 1. The van der Waals surface area contributed by atoms with Crippen LogP contribution >= 0.6 is 11.6 Å². The van der Waals surface area contributed by atoms with Gasteiger partial charge in [-0.2, -0.15) is 0 Å². The topological polar surface area (TPSA) is 110 Å². The first-order chi connectivity index (χ1) is 13.5. The number of hydrogen-bond acceptors (Lipinski definition) is 8. The molecule has 0 spiro atoms. The van der Waals surface area contributed by atoms with Gasteiger partial charge < -0.3 is 15.0 Å². The predicted octanol–water partition coefficient (Wildman–Crippen LogP) is 3.56. The number of nitrogens with one attached hydrogen (secondary N) is 1. The van der Waals surface area contributed by atoms with Gasteiger partial charge in [-0.3, -0.25) is 14.9 Å². The molecule has 0 amide bonds. The van der Waals surface area contributed by atoms with Crippen molar-refractivity contribution in [3.63, 3.8) is 0 Å². The second-order valence-corrected chi connectivity index (χ2v) is 6.76. The summed E-state index contributed by atoms with van der Waals surface area (Å²) in [5.41, 5.74) is 0.329. The van der Waals surface area contributed by atoms with E-state index >= 15 is 0 Å². The molecule has 0 saturated carbocycles. The SMILES string of the molecule is CCOC(=O)C1CCCN(c2ncnc(Nc3cccc(Cl)c3)c2[N+](=O)[O-])C1. The van der Waals surface area contributed by atoms with Crippen LogP contribution in [-0.2, 0) is 9.53 Å². The maximum absolute atomic E-state index is 12.1. The van der Waals surface area contributed by atoms with E-state index in [1.807, 2.05) is 0 Å². The van der Waals surface area contributed by atoms with E-state index in [2.05, 4.69) is 15.3 Å². The van der Waals surface area contributed by atoms with E-state index in [0.717, 1.165) is 0 Å². The molecule has 3 rings (SSSR count). The normalized spacial score (nSPS) is 16.5. The molecule has 1 aromatic heterocycles. The molecule has 1 aromatic carbocycles. The molecule has 28 heavy (non-hydrogen) atoms. The highest BCUT2D eigenvalue weighted by atomic mass is 35.5. The lowest BCUT2D eigenvalue weighted by molar-refractivity contribution is -0.383. The molecule has 148 valence electrons. The molecule has 2 heterocycles. The average molecular weight is 406 g/mol. The van der Waals surface area contributed by atoms with Crippen molar-refractivity contribution >= 4 is 40.6 Å². The maximum atomic E-state index is 12.1. The quantitative estimate of drug-likeness (QED) is 0.441. The molecule has 1 saturated heterocycles. The molecule has 1 N–H and O–H groups in total. The van der Waals surface area contributed by atoms with Crippen LogP contribution < -0.4 is 10.2 Å². The summed E-state index contributed by atoms with van der Waals surface area (Å²) in [4.78, 5) is 33.3. The highest BCUT2D eigenvalue weighted by Crippen LogP contribution is 2.35. The van der Waals surface area contributed by atoms with Gasteiger partial charge >= 0.3 is 11.7 Å². The molecular weight excluding hydrogens is 386 g/mol. The lowest BCUT2D eigenvalue weighted by Gasteiger charge is -2.32. The molecule has 1 unspecified atom stereocenters. The van der Waals surface area contributed by atoms with E-state index in [-0.39, 0.29) is 29.2 Å². The summed E-state index contributed by atoms with van der Waals surface area (Å²) in [5, 5.41) is 15.2. The zero-order valence-corrected chi connectivity index (χ0v) is 16.1. The number of piperidine rings is 1. The molecule has 0 aliphatic carbocycles. The highest BCUT2D eigenvalue weighted by Gasteiger charge is 2.33. The lowest BCUT2D eigenvalue weighted by Crippen LogP contribution is -2.40. The van der Waals surface area contributed by atoms with Gasteiger partial charge in [0.1, 0.15) is 6.33 Å². The van der Waals surface area contributed by atoms with Crippen LogP contribution in [0.25, 0.3) is 0 Å². The van der Waals surface area contributed by atoms with Crippen molar-refractivity contribution in [3.05, 3.63) is 45.7 Å². The van der Waals surface area contributed by atoms with Crippen LogP contribution in [0.1, 0.15) is 19.8 Å². The van der Waals surface area contributed by atoms with Crippen molar-refractivity contribution in [2.75, 3.05) is 29.9 Å². The zero-order valence-electron chi connectivity index (χ0n) is 15.3. The van der Waals surface area contributed by atoms with Crippen LogP contribution in [-0.4, -0.2) is 40.6 Å². The number of halogens is 1. The van der Waals surface area contributed by atoms with Gasteiger partial charge in [-0.15, -0.1) is 0 Å². The second kappa shape index (κ2) is 8.83. The Morgan fingerprint density at radius 3 is 3.00 bits per heavy atom. The van der Waals surface area contributed by atoms with Crippen LogP contribution in [0.4, 0.5) is 23.0 Å². The third-order valence-corrected chi connectivity index (χ3v) is 4.65. The number of hydrogen-bond donors (Lipinski definition) is 1. The van der Waals surface area contributed by atoms with E-state index in [9.17, 15) is 14.9 Å². The summed E-state index contributed by atoms with van der Waals surface area (Å²) in [6, 6.07) is 6.81. The van der Waals surface area contributed by atoms with Gasteiger partial charge in [-0.1, -0.05) is 17.7 Å². The third kappa shape index (κ3) is 4.48. The maximum Gasteiger partial charge on any atom is 0.353 e. The highest BCUT2D eigenvalue weighted by molar-refractivity contribution is 6.30. The van der Waals surface area contributed by atoms with E-state index in [1.54, 1.807) is 36.1 Å². The fraction of sp³-hybridized carbons (Fsp3) is 0.389. The van der Waals surface area contributed by atoms with Gasteiger partial charge in [-0.05, 0) is 38.0 Å². The molecule has 1 atom stereocenters. The standard InChI is InChI=1S/C18H20ClN5O4/c1-2-28-18(25)12-5-4-8-23(10-12)17-15(24(26)27)16(20-11-21-17)22-14-7-3-6-13(19)9-14/h3,6-7,9,11-12H,2,4-5,8,10H2,1H3,(H,20,21,22). The van der Waals surface area contributed by atoms with Crippen molar-refractivity contribution in [1.82, 2.24) is 9.97 Å². The minimum absolute atomic E-state index is 0.0653. The van der Waals surface area contributed by atoms with Gasteiger partial charge in [0, 0.05) is 23.8 Å². The monoisotopic (exact) mass is 405 g/mol. The van der Waals surface area contributed by atoms with Crippen molar-refractivity contribution in [3.8, 4) is 0 Å². The molecule has 9 nitrogen and oxygen atoms in total. The van der Waals surface area contributed by atoms with Crippen molar-refractivity contribution in [2.45, 2.75) is 19.8 Å². The van der Waals surface area contributed by atoms with Crippen LogP contribution in [0.5, 0.6) is 0 Å². The van der Waals surface area contributed by atoms with E-state index in [4.69, 9.17) is 16.3 Å². The molecular formula is C18H20ClN5O4. The number of aromatic nitrogens is 2. The Kier molecular flexibility index (Phi) is 6.25. The van der Waals surface area contributed by atoms with E-state index in [1.165, 1.54) is 6.33 Å². The molecule has 0 radical (unpaired) electrons. The van der Waals surface area contributed by atoms with Crippen molar-refractivity contribution in [2.24, 2.45) is 5.92 Å². The minimum Gasteiger partial charge on any atom is -0.466 e. The Morgan fingerprint density at radius 1 is 1.46 bits per heavy atom. The molecule has 2 aromatic rings. The van der Waals surface area contributed by atoms with Crippen molar-refractivity contribution < 1.29 is 14.5 Å². The smallest absolute Gasteiger partial charge is 0.353 e. The summed E-state index contributed by atoms with van der Waals surface area (Å²) in [6.07, 6.45) is 2.66.